The number of rotatable bonds is 9. The maximum Gasteiger partial charge on any atom is 0.296 e. The van der Waals surface area contributed by atoms with Crippen molar-refractivity contribution >= 4 is 27.3 Å². The topological polar surface area (TPSA) is 131 Å². The Hall–Kier alpha value is -3.22. The fourth-order valence-corrected chi connectivity index (χ4v) is 4.86. The molecule has 0 radical (unpaired) electrons. The molecule has 0 spiro atoms. The van der Waals surface area contributed by atoms with Gasteiger partial charge in [-0.1, -0.05) is 0 Å². The zero-order valence-electron chi connectivity index (χ0n) is 18.4. The van der Waals surface area contributed by atoms with Gasteiger partial charge in [-0.3, -0.25) is 19.8 Å². The van der Waals surface area contributed by atoms with E-state index in [0.29, 0.717) is 31.2 Å². The van der Waals surface area contributed by atoms with Gasteiger partial charge in [0, 0.05) is 26.2 Å². The van der Waals surface area contributed by atoms with E-state index in [1.807, 2.05) is 6.92 Å². The second kappa shape index (κ2) is 10.6. The van der Waals surface area contributed by atoms with Gasteiger partial charge in [-0.15, -0.1) is 0 Å². The minimum absolute atomic E-state index is 0.0138. The number of nitro groups is 1. The van der Waals surface area contributed by atoms with Crippen LogP contribution in [0.4, 0.5) is 11.4 Å². The van der Waals surface area contributed by atoms with E-state index < -0.39 is 20.9 Å². The monoisotopic (exact) mass is 478 g/mol. The quantitative estimate of drug-likeness (QED) is 0.427. The average Bonchev–Trinajstić information content (AvgIpc) is 2.80. The molecule has 1 aliphatic heterocycles. The lowest BCUT2D eigenvalue weighted by Crippen LogP contribution is -2.50. The van der Waals surface area contributed by atoms with E-state index in [-0.39, 0.29) is 35.9 Å². The molecule has 0 bridgehead atoms. The summed E-state index contributed by atoms with van der Waals surface area (Å²) in [6.07, 6.45) is 0. The largest absolute Gasteiger partial charge is 0.496 e. The fraction of sp³-hybridized carbons (Fsp3) is 0.381. The van der Waals surface area contributed by atoms with Gasteiger partial charge in [-0.25, -0.2) is 8.42 Å². The lowest BCUT2D eigenvalue weighted by molar-refractivity contribution is -0.384. The smallest absolute Gasteiger partial charge is 0.296 e. The first-order chi connectivity index (χ1) is 15.7. The van der Waals surface area contributed by atoms with Gasteiger partial charge < -0.3 is 14.8 Å². The van der Waals surface area contributed by atoms with E-state index >= 15 is 0 Å². The molecular formula is C21H26N4O7S. The number of benzene rings is 2. The highest BCUT2D eigenvalue weighted by Gasteiger charge is 2.29. The first-order valence-corrected chi connectivity index (χ1v) is 11.8. The highest BCUT2D eigenvalue weighted by atomic mass is 32.2. The molecule has 1 fully saturated rings. The minimum atomic E-state index is -3.65. The van der Waals surface area contributed by atoms with Crippen LogP contribution in [0.5, 0.6) is 11.5 Å². The first-order valence-electron chi connectivity index (χ1n) is 10.3. The van der Waals surface area contributed by atoms with Gasteiger partial charge in [-0.05, 0) is 43.3 Å². The van der Waals surface area contributed by atoms with Crippen LogP contribution in [0.25, 0.3) is 0 Å². The van der Waals surface area contributed by atoms with Gasteiger partial charge in [0.05, 0.1) is 36.1 Å². The number of ether oxygens (including phenoxy) is 2. The van der Waals surface area contributed by atoms with Crippen LogP contribution in [-0.2, 0) is 14.8 Å². The summed E-state index contributed by atoms with van der Waals surface area (Å²) in [5.74, 6) is 0.486. The number of hydrogen-bond donors (Lipinski definition) is 1. The van der Waals surface area contributed by atoms with Crippen molar-refractivity contribution in [1.82, 2.24) is 9.21 Å². The second-order valence-corrected chi connectivity index (χ2v) is 9.21. The normalized spacial score (nSPS) is 15.1. The van der Waals surface area contributed by atoms with E-state index in [4.69, 9.17) is 9.47 Å². The van der Waals surface area contributed by atoms with E-state index in [0.717, 1.165) is 0 Å². The number of sulfonamides is 1. The van der Waals surface area contributed by atoms with Crippen LogP contribution in [0.1, 0.15) is 6.92 Å². The number of nitro benzene ring substituents is 1. The van der Waals surface area contributed by atoms with Crippen LogP contribution in [0.3, 0.4) is 0 Å². The van der Waals surface area contributed by atoms with E-state index in [2.05, 4.69) is 5.32 Å². The van der Waals surface area contributed by atoms with Crippen LogP contribution < -0.4 is 14.8 Å². The summed E-state index contributed by atoms with van der Waals surface area (Å²) in [6.45, 7) is 3.50. The van der Waals surface area contributed by atoms with Crippen molar-refractivity contribution in [1.29, 1.82) is 0 Å². The standard InChI is InChI=1S/C21H26N4O7S/c1-3-32-16-4-7-18(8-5-16)33(29,30)24-12-10-23(11-13-24)15-21(26)22-19-9-6-17(31-2)14-20(19)25(27)28/h4-9,14H,3,10-13,15H2,1-2H3,(H,22,26). The summed E-state index contributed by atoms with van der Waals surface area (Å²) in [4.78, 5) is 25.1. The molecule has 0 saturated carbocycles. The molecule has 1 saturated heterocycles. The third kappa shape index (κ3) is 5.97. The molecule has 2 aromatic rings. The van der Waals surface area contributed by atoms with E-state index in [1.54, 1.807) is 17.0 Å². The van der Waals surface area contributed by atoms with Crippen molar-refractivity contribution in [2.24, 2.45) is 0 Å². The molecule has 1 N–H and O–H groups in total. The lowest BCUT2D eigenvalue weighted by atomic mass is 10.2. The molecule has 3 rings (SSSR count). The predicted octanol–water partition coefficient (Wildman–Crippen LogP) is 1.95. The molecule has 33 heavy (non-hydrogen) atoms. The summed E-state index contributed by atoms with van der Waals surface area (Å²) in [5, 5.41) is 13.8. The Morgan fingerprint density at radius 1 is 1.09 bits per heavy atom. The molecule has 1 amide bonds. The molecule has 1 aliphatic rings. The minimum Gasteiger partial charge on any atom is -0.496 e. The number of hydrogen-bond acceptors (Lipinski definition) is 8. The van der Waals surface area contributed by atoms with Gasteiger partial charge >= 0.3 is 0 Å². The Morgan fingerprint density at radius 3 is 2.30 bits per heavy atom. The van der Waals surface area contributed by atoms with Crippen LogP contribution in [0.15, 0.2) is 47.4 Å². The molecule has 0 aromatic heterocycles. The molecule has 1 heterocycles. The molecule has 0 aliphatic carbocycles. The van der Waals surface area contributed by atoms with Crippen LogP contribution >= 0.6 is 0 Å². The van der Waals surface area contributed by atoms with Crippen molar-refractivity contribution in [2.45, 2.75) is 11.8 Å². The number of carbonyl (C=O) groups excluding carboxylic acids is 1. The highest BCUT2D eigenvalue weighted by Crippen LogP contribution is 2.29. The maximum atomic E-state index is 12.9. The maximum absolute atomic E-state index is 12.9. The number of anilines is 1. The molecule has 0 unspecified atom stereocenters. The van der Waals surface area contributed by atoms with Crippen molar-refractivity contribution in [3.8, 4) is 11.5 Å². The van der Waals surface area contributed by atoms with E-state index in [9.17, 15) is 23.3 Å². The van der Waals surface area contributed by atoms with Crippen molar-refractivity contribution in [3.63, 3.8) is 0 Å². The Labute approximate surface area is 192 Å². The molecule has 178 valence electrons. The van der Waals surface area contributed by atoms with E-state index in [1.165, 1.54) is 41.7 Å². The summed E-state index contributed by atoms with van der Waals surface area (Å²) < 4.78 is 37.5. The Kier molecular flexibility index (Phi) is 7.84. The highest BCUT2D eigenvalue weighted by molar-refractivity contribution is 7.89. The molecule has 2 aromatic carbocycles. The summed E-state index contributed by atoms with van der Waals surface area (Å²) >= 11 is 0. The van der Waals surface area contributed by atoms with Crippen molar-refractivity contribution in [3.05, 3.63) is 52.6 Å². The third-order valence-electron chi connectivity index (χ3n) is 5.15. The van der Waals surface area contributed by atoms with Crippen molar-refractivity contribution < 1.29 is 27.6 Å². The van der Waals surface area contributed by atoms with Crippen molar-refractivity contribution in [2.75, 3.05) is 51.8 Å². The zero-order chi connectivity index (χ0) is 24.0. The van der Waals surface area contributed by atoms with Crippen LogP contribution in [-0.4, -0.2) is 74.9 Å². The Bertz CT molecular complexity index is 1100. The SMILES string of the molecule is CCOc1ccc(S(=O)(=O)N2CCN(CC(=O)Nc3ccc(OC)cc3[N+](=O)[O-])CC2)cc1. The predicted molar refractivity (Wildman–Crippen MR) is 121 cm³/mol. The first kappa shape index (κ1) is 24.4. The van der Waals surface area contributed by atoms with Gasteiger partial charge in [0.15, 0.2) is 0 Å². The Balaban J connectivity index is 1.57. The zero-order valence-corrected chi connectivity index (χ0v) is 19.2. The molecule has 11 nitrogen and oxygen atoms in total. The summed E-state index contributed by atoms with van der Waals surface area (Å²) in [5.41, 5.74) is -0.198. The number of amides is 1. The lowest BCUT2D eigenvalue weighted by Gasteiger charge is -2.33. The Morgan fingerprint density at radius 2 is 1.73 bits per heavy atom. The number of nitrogens with one attached hydrogen (secondary N) is 1. The molecule has 0 atom stereocenters. The molecule has 12 heteroatoms. The van der Waals surface area contributed by atoms with Gasteiger partial charge in [0.1, 0.15) is 17.2 Å². The summed E-state index contributed by atoms with van der Waals surface area (Å²) in [6, 6.07) is 10.4. The second-order valence-electron chi connectivity index (χ2n) is 7.27. The third-order valence-corrected chi connectivity index (χ3v) is 7.06. The van der Waals surface area contributed by atoms with Gasteiger partial charge in [0.2, 0.25) is 15.9 Å². The van der Waals surface area contributed by atoms with Gasteiger partial charge in [-0.2, -0.15) is 4.31 Å². The number of methoxy groups -OCH3 is 1. The van der Waals surface area contributed by atoms with Crippen LogP contribution in [0.2, 0.25) is 0 Å². The fourth-order valence-electron chi connectivity index (χ4n) is 3.44. The molecular weight excluding hydrogens is 452 g/mol. The number of carbonyl (C=O) groups is 1. The number of piperazine rings is 1. The number of nitrogens with zero attached hydrogens (tertiary/aromatic N) is 3. The van der Waals surface area contributed by atoms with Gasteiger partial charge in [0.25, 0.3) is 5.69 Å². The summed E-state index contributed by atoms with van der Waals surface area (Å²) in [7, 11) is -2.26. The average molecular weight is 479 g/mol. The van der Waals surface area contributed by atoms with Crippen LogP contribution in [0, 0.1) is 10.1 Å².